The number of anilines is 2. The Balaban J connectivity index is 1.01. The van der Waals surface area contributed by atoms with Gasteiger partial charge in [0.05, 0.1) is 30.0 Å². The molecule has 3 saturated heterocycles. The lowest BCUT2D eigenvalue weighted by Crippen LogP contribution is -2.64. The number of amides is 1. The van der Waals surface area contributed by atoms with Crippen LogP contribution in [-0.4, -0.2) is 95.2 Å². The largest absolute Gasteiger partial charge is 0.469 e. The summed E-state index contributed by atoms with van der Waals surface area (Å²) in [5, 5.41) is 2.39. The van der Waals surface area contributed by atoms with Crippen LogP contribution in [0.4, 0.5) is 24.5 Å². The van der Waals surface area contributed by atoms with E-state index in [4.69, 9.17) is 4.74 Å². The van der Waals surface area contributed by atoms with E-state index in [1.54, 1.807) is 18.2 Å². The fraction of sp³-hybridized carbons (Fsp3) is 0.488. The highest BCUT2D eigenvalue weighted by atomic mass is 32.2. The summed E-state index contributed by atoms with van der Waals surface area (Å²) in [4.78, 5) is 30.5. The lowest BCUT2D eigenvalue weighted by molar-refractivity contribution is -0.142. The van der Waals surface area contributed by atoms with Gasteiger partial charge in [-0.15, -0.1) is 0 Å². The van der Waals surface area contributed by atoms with Crippen molar-refractivity contribution in [1.82, 2.24) is 9.80 Å². The van der Waals surface area contributed by atoms with Gasteiger partial charge in [0.15, 0.2) is 5.67 Å². The number of esters is 1. The highest BCUT2D eigenvalue weighted by molar-refractivity contribution is 7.91. The Morgan fingerprint density at radius 2 is 1.64 bits per heavy atom. The molecule has 7 rings (SSSR count). The molecular weight excluding hydrogens is 742 g/mol. The average molecular weight is 793 g/mol. The van der Waals surface area contributed by atoms with Crippen molar-refractivity contribution in [1.29, 1.82) is 0 Å². The van der Waals surface area contributed by atoms with Crippen molar-refractivity contribution in [3.63, 3.8) is 0 Å². The molecule has 0 spiro atoms. The van der Waals surface area contributed by atoms with Gasteiger partial charge in [-0.05, 0) is 142 Å². The number of nitrogens with zero attached hydrogens (tertiary/aromatic N) is 3. The zero-order valence-electron chi connectivity index (χ0n) is 31.9. The molecule has 4 aliphatic rings. The van der Waals surface area contributed by atoms with E-state index in [1.165, 1.54) is 31.4 Å². The number of rotatable bonds is 14. The monoisotopic (exact) mass is 792 g/mol. The fourth-order valence-corrected chi connectivity index (χ4v) is 11.2. The molecule has 0 bridgehead atoms. The summed E-state index contributed by atoms with van der Waals surface area (Å²) in [6, 6.07) is 16.3. The van der Waals surface area contributed by atoms with Crippen LogP contribution in [0.25, 0.3) is 0 Å². The molecule has 56 heavy (non-hydrogen) atoms. The van der Waals surface area contributed by atoms with Gasteiger partial charge in [-0.1, -0.05) is 25.1 Å². The highest BCUT2D eigenvalue weighted by Crippen LogP contribution is 2.54. The van der Waals surface area contributed by atoms with Gasteiger partial charge in [-0.25, -0.2) is 21.6 Å². The van der Waals surface area contributed by atoms with Gasteiger partial charge in [0, 0.05) is 36.3 Å². The summed E-state index contributed by atoms with van der Waals surface area (Å²) in [7, 11) is -2.68. The third kappa shape index (κ3) is 8.26. The van der Waals surface area contributed by atoms with Gasteiger partial charge >= 0.3 is 5.97 Å². The summed E-state index contributed by atoms with van der Waals surface area (Å²) in [5.41, 5.74) is -0.108. The first-order valence-electron chi connectivity index (χ1n) is 19.6. The predicted octanol–water partition coefficient (Wildman–Crippen LogP) is 6.79. The van der Waals surface area contributed by atoms with Crippen LogP contribution in [0, 0.1) is 29.4 Å². The van der Waals surface area contributed by atoms with Crippen LogP contribution < -0.4 is 10.2 Å². The number of hydrogen-bond acceptors (Lipinski definition) is 8. The third-order valence-electron chi connectivity index (χ3n) is 12.7. The number of ether oxygens (including phenoxy) is 1. The minimum absolute atomic E-state index is 0.00939. The number of benzene rings is 3. The van der Waals surface area contributed by atoms with Crippen molar-refractivity contribution in [2.75, 3.05) is 69.7 Å². The van der Waals surface area contributed by atoms with E-state index in [-0.39, 0.29) is 70.1 Å². The lowest BCUT2D eigenvalue weighted by atomic mass is 9.56. The number of likely N-dealkylation sites (tertiary alicyclic amines) is 2. The van der Waals surface area contributed by atoms with Crippen LogP contribution in [0.2, 0.25) is 0 Å². The predicted molar refractivity (Wildman–Crippen MR) is 209 cm³/mol. The second-order valence-electron chi connectivity index (χ2n) is 16.2. The zero-order valence-corrected chi connectivity index (χ0v) is 32.7. The van der Waals surface area contributed by atoms with Crippen molar-refractivity contribution in [2.45, 2.75) is 65.8 Å². The van der Waals surface area contributed by atoms with Crippen molar-refractivity contribution in [3.05, 3.63) is 96.6 Å². The molecule has 3 aromatic rings. The number of alkyl halides is 1. The molecule has 0 unspecified atom stereocenters. The molecule has 3 atom stereocenters. The van der Waals surface area contributed by atoms with Gasteiger partial charge in [-0.2, -0.15) is 0 Å². The molecule has 0 aromatic heterocycles. The molecule has 9 nitrogen and oxygen atoms in total. The summed E-state index contributed by atoms with van der Waals surface area (Å²) in [6.07, 6.45) is 7.13. The zero-order chi connectivity index (χ0) is 39.7. The highest BCUT2D eigenvalue weighted by Gasteiger charge is 2.53. The molecule has 1 amide bonds. The van der Waals surface area contributed by atoms with Crippen LogP contribution in [0.3, 0.4) is 0 Å². The number of hydrogen-bond donors (Lipinski definition) is 1. The minimum atomic E-state index is -4.11. The second kappa shape index (κ2) is 16.3. The third-order valence-corrected chi connectivity index (χ3v) is 14.4. The van der Waals surface area contributed by atoms with Gasteiger partial charge < -0.3 is 19.9 Å². The Hall–Kier alpha value is -4.20. The maximum atomic E-state index is 16.3. The Kier molecular flexibility index (Phi) is 11.7. The maximum Gasteiger partial charge on any atom is 0.305 e. The van der Waals surface area contributed by atoms with E-state index in [0.717, 1.165) is 81.9 Å². The van der Waals surface area contributed by atoms with Gasteiger partial charge in [0.2, 0.25) is 15.7 Å². The first-order chi connectivity index (χ1) is 26.8. The van der Waals surface area contributed by atoms with E-state index in [0.29, 0.717) is 25.2 Å². The van der Waals surface area contributed by atoms with Gasteiger partial charge in [0.1, 0.15) is 11.6 Å². The van der Waals surface area contributed by atoms with Crippen molar-refractivity contribution < 1.29 is 35.9 Å². The molecular formula is C43H51F3N4O5S. The molecule has 3 aromatic carbocycles. The SMILES string of the molecule is C=CC(=O)Nc1cc(F)cc(S(=O)(=O)c2ccc(N3CC(F)(CN4CCC([C@@](CN5CCC5)(c5cccc(F)c5)[C@H]5CCC[C@@H]5CC(=O)OC)CC4)C3)cc2)c1. The molecule has 1 aliphatic carbocycles. The quantitative estimate of drug-likeness (QED) is 0.141. The molecule has 1 saturated carbocycles. The molecule has 4 fully saturated rings. The normalized spacial score (nSPS) is 22.8. The van der Waals surface area contributed by atoms with Crippen LogP contribution in [0.15, 0.2) is 89.2 Å². The fourth-order valence-electron chi connectivity index (χ4n) is 9.92. The van der Waals surface area contributed by atoms with Crippen molar-refractivity contribution in [3.8, 4) is 0 Å². The first kappa shape index (κ1) is 40.0. The van der Waals surface area contributed by atoms with E-state index in [9.17, 15) is 22.4 Å². The molecule has 0 radical (unpaired) electrons. The van der Waals surface area contributed by atoms with Crippen molar-refractivity contribution >= 4 is 33.1 Å². The van der Waals surface area contributed by atoms with Crippen molar-refractivity contribution in [2.24, 2.45) is 17.8 Å². The summed E-state index contributed by atoms with van der Waals surface area (Å²) >= 11 is 0. The Bertz CT molecular complexity index is 2030. The van der Waals surface area contributed by atoms with Gasteiger partial charge in [-0.3, -0.25) is 14.5 Å². The lowest BCUT2D eigenvalue weighted by Gasteiger charge is -2.54. The summed E-state index contributed by atoms with van der Waals surface area (Å²) < 4.78 is 77.5. The Morgan fingerprint density at radius 3 is 2.29 bits per heavy atom. The molecule has 13 heteroatoms. The Morgan fingerprint density at radius 1 is 0.911 bits per heavy atom. The second-order valence-corrected chi connectivity index (χ2v) is 18.1. The molecule has 3 aliphatic heterocycles. The standard InChI is InChI=1S/C43H51F3N4O5S/c1-3-40(51)47-35-23-34(45)24-38(25-35)56(53,54)37-13-11-36(12-14-37)50-27-42(46,28-50)26-49-19-15-31(16-20-49)43(29-48-17-6-18-48,32-8-5-9-33(44)22-32)39-10-4-7-30(39)21-41(52)55-2/h3,5,8-9,11-14,22-25,30-31,39H,1,4,6-7,10,15-21,26-29H2,2H3,(H,47,51)/t30-,39+,43+/m1/s1. The maximum absolute atomic E-state index is 16.3. The number of sulfone groups is 1. The minimum Gasteiger partial charge on any atom is -0.469 e. The topological polar surface area (TPSA) is 99.3 Å². The average Bonchev–Trinajstić information content (AvgIpc) is 3.62. The van der Waals surface area contributed by atoms with Crippen LogP contribution >= 0.6 is 0 Å². The number of piperidine rings is 1. The van der Waals surface area contributed by atoms with Crippen LogP contribution in [0.1, 0.15) is 50.5 Å². The molecule has 3 heterocycles. The van der Waals surface area contributed by atoms with Crippen LogP contribution in [0.5, 0.6) is 0 Å². The van der Waals surface area contributed by atoms with Gasteiger partial charge in [0.25, 0.3) is 0 Å². The smallest absolute Gasteiger partial charge is 0.305 e. The summed E-state index contributed by atoms with van der Waals surface area (Å²) in [6.45, 7) is 8.22. The van der Waals surface area contributed by atoms with Crippen LogP contribution in [-0.2, 0) is 29.6 Å². The number of halogens is 3. The van der Waals surface area contributed by atoms with E-state index >= 15 is 8.78 Å². The number of nitrogens with one attached hydrogen (secondary N) is 1. The van der Waals surface area contributed by atoms with E-state index < -0.39 is 27.2 Å². The Labute approximate surface area is 327 Å². The van der Waals surface area contributed by atoms with E-state index in [2.05, 4.69) is 27.8 Å². The molecule has 1 N–H and O–H groups in total. The number of methoxy groups -OCH3 is 1. The number of carbonyl (C=O) groups is 2. The summed E-state index contributed by atoms with van der Waals surface area (Å²) in [5.74, 6) is -1.28. The van der Waals surface area contributed by atoms with E-state index in [1.807, 2.05) is 11.0 Å². The first-order valence-corrected chi connectivity index (χ1v) is 21.1. The molecule has 300 valence electrons. The number of carbonyl (C=O) groups excluding carboxylic acids is 2.